The molecule has 29 heavy (non-hydrogen) atoms. The number of ketones is 1. The second-order valence-electron chi connectivity index (χ2n) is 8.99. The monoisotopic (exact) mass is 424 g/mol. The largest absolute Gasteiger partial charge is 0.507 e. The van der Waals surface area contributed by atoms with E-state index < -0.39 is 5.60 Å². The highest BCUT2D eigenvalue weighted by atomic mass is 35.5. The summed E-state index contributed by atoms with van der Waals surface area (Å²) < 4.78 is 5.91. The normalized spacial score (nSPS) is 20.6. The van der Waals surface area contributed by atoms with E-state index in [1.165, 1.54) is 0 Å². The molecule has 1 fully saturated rings. The van der Waals surface area contributed by atoms with Gasteiger partial charge in [0.15, 0.2) is 12.1 Å². The number of carbonyl (C=O) groups excluding carboxylic acids is 2. The number of halogens is 1. The first-order valence-corrected chi connectivity index (χ1v) is 10.8. The Morgan fingerprint density at radius 1 is 1.21 bits per heavy atom. The summed E-state index contributed by atoms with van der Waals surface area (Å²) in [5.74, 6) is 0.564. The predicted octanol–water partition coefficient (Wildman–Crippen LogP) is 5.38. The number of benzene rings is 1. The number of carbonyl (C=O) groups is 2. The lowest BCUT2D eigenvalue weighted by atomic mass is 9.90. The van der Waals surface area contributed by atoms with Gasteiger partial charge in [0.2, 0.25) is 0 Å². The molecule has 5 nitrogen and oxygen atoms in total. The molecule has 1 aromatic carbocycles. The third kappa shape index (κ3) is 5.32. The molecule has 0 amide bonds. The van der Waals surface area contributed by atoms with Crippen molar-refractivity contribution in [2.75, 3.05) is 0 Å². The van der Waals surface area contributed by atoms with Crippen molar-refractivity contribution in [1.82, 2.24) is 0 Å². The summed E-state index contributed by atoms with van der Waals surface area (Å²) in [6.45, 7) is 9.54. The van der Waals surface area contributed by atoms with Gasteiger partial charge < -0.3 is 14.9 Å². The molecule has 0 aliphatic carbocycles. The average Bonchev–Trinajstić information content (AvgIpc) is 2.93. The number of phenolic OH excluding ortho intramolecular Hbond substituents is 2. The molecule has 0 bridgehead atoms. The summed E-state index contributed by atoms with van der Waals surface area (Å²) >= 11 is 6.11. The van der Waals surface area contributed by atoms with Crippen LogP contribution in [-0.2, 0) is 16.0 Å². The Morgan fingerprint density at radius 2 is 1.86 bits per heavy atom. The first-order valence-electron chi connectivity index (χ1n) is 10.4. The van der Waals surface area contributed by atoms with Gasteiger partial charge in [-0.3, -0.25) is 9.59 Å². The van der Waals surface area contributed by atoms with Crippen LogP contribution in [0, 0.1) is 18.8 Å². The second-order valence-corrected chi connectivity index (χ2v) is 9.37. The smallest absolute Gasteiger partial charge is 0.166 e. The van der Waals surface area contributed by atoms with Crippen molar-refractivity contribution < 1.29 is 24.5 Å². The lowest BCUT2D eigenvalue weighted by Crippen LogP contribution is -2.28. The fraction of sp³-hybridized carbons (Fsp3) is 0.652. The molecule has 1 aliphatic rings. The summed E-state index contributed by atoms with van der Waals surface area (Å²) in [4.78, 5) is 23.2. The van der Waals surface area contributed by atoms with Crippen LogP contribution in [0.1, 0.15) is 81.3 Å². The van der Waals surface area contributed by atoms with E-state index >= 15 is 0 Å². The molecule has 6 heteroatoms. The number of rotatable bonds is 9. The van der Waals surface area contributed by atoms with Gasteiger partial charge in [0, 0.05) is 12.0 Å². The van der Waals surface area contributed by atoms with Crippen molar-refractivity contribution >= 4 is 23.7 Å². The van der Waals surface area contributed by atoms with E-state index in [0.717, 1.165) is 25.7 Å². The fourth-order valence-electron chi connectivity index (χ4n) is 4.00. The molecular formula is C23H33ClO5. The van der Waals surface area contributed by atoms with E-state index in [1.54, 1.807) is 6.92 Å². The molecule has 1 heterocycles. The lowest BCUT2D eigenvalue weighted by Gasteiger charge is -2.23. The van der Waals surface area contributed by atoms with Gasteiger partial charge in [0.25, 0.3) is 0 Å². The fourth-order valence-corrected chi connectivity index (χ4v) is 4.22. The Hall–Kier alpha value is -1.59. The number of phenols is 2. The zero-order valence-electron chi connectivity index (χ0n) is 18.0. The molecule has 0 radical (unpaired) electrons. The van der Waals surface area contributed by atoms with Crippen molar-refractivity contribution in [3.63, 3.8) is 0 Å². The Balaban J connectivity index is 1.85. The molecular weight excluding hydrogens is 392 g/mol. The number of ether oxygens (including phenoxy) is 1. The number of aromatic hydroxyl groups is 2. The Bertz CT molecular complexity index is 771. The highest BCUT2D eigenvalue weighted by Gasteiger charge is 2.41. The van der Waals surface area contributed by atoms with E-state index in [1.807, 2.05) is 13.8 Å². The summed E-state index contributed by atoms with van der Waals surface area (Å²) in [6.07, 6.45) is 5.27. The SMILES string of the molecule is Cc1c(Cl)c(O)c(CCC(C)CCCC(C)C2CC(=O)C(C)(C)O2)c(O)c1C=O. The molecule has 162 valence electrons. The molecule has 2 rings (SSSR count). The van der Waals surface area contributed by atoms with Crippen molar-refractivity contribution in [3.8, 4) is 11.5 Å². The van der Waals surface area contributed by atoms with E-state index in [0.29, 0.717) is 42.1 Å². The minimum absolute atomic E-state index is 0.00170. The van der Waals surface area contributed by atoms with E-state index in [9.17, 15) is 19.8 Å². The number of aldehydes is 1. The Morgan fingerprint density at radius 3 is 2.41 bits per heavy atom. The highest BCUT2D eigenvalue weighted by molar-refractivity contribution is 6.33. The molecule has 3 atom stereocenters. The molecule has 1 aliphatic heterocycles. The lowest BCUT2D eigenvalue weighted by molar-refractivity contribution is -0.130. The number of Topliss-reactive ketones (excluding diaryl/α,β-unsaturated/α-hetero) is 1. The minimum Gasteiger partial charge on any atom is -0.507 e. The molecule has 0 spiro atoms. The molecule has 1 saturated heterocycles. The standard InChI is InChI=1S/C23H33ClO5/c1-13(7-6-8-14(2)18-11-19(26)23(4,5)29-18)9-10-16-21(27)17(12-25)15(3)20(24)22(16)28/h12-14,18,27-28H,6-11H2,1-5H3. The molecule has 0 aromatic heterocycles. The third-order valence-electron chi connectivity index (χ3n) is 6.27. The molecule has 1 aromatic rings. The zero-order chi connectivity index (χ0) is 21.9. The van der Waals surface area contributed by atoms with Gasteiger partial charge in [-0.1, -0.05) is 38.3 Å². The first-order chi connectivity index (χ1) is 13.5. The van der Waals surface area contributed by atoms with Crippen molar-refractivity contribution in [2.45, 2.75) is 84.8 Å². The quantitative estimate of drug-likeness (QED) is 0.519. The van der Waals surface area contributed by atoms with E-state index in [2.05, 4.69) is 13.8 Å². The summed E-state index contributed by atoms with van der Waals surface area (Å²) in [5, 5.41) is 20.7. The minimum atomic E-state index is -0.661. The summed E-state index contributed by atoms with van der Waals surface area (Å²) in [7, 11) is 0. The average molecular weight is 425 g/mol. The van der Waals surface area contributed by atoms with Gasteiger partial charge in [-0.05, 0) is 57.4 Å². The van der Waals surface area contributed by atoms with E-state index in [4.69, 9.17) is 16.3 Å². The van der Waals surface area contributed by atoms with Crippen LogP contribution in [0.3, 0.4) is 0 Å². The van der Waals surface area contributed by atoms with E-state index in [-0.39, 0.29) is 34.0 Å². The van der Waals surface area contributed by atoms with Crippen LogP contribution < -0.4 is 0 Å². The topological polar surface area (TPSA) is 83.8 Å². The second kappa shape index (κ2) is 9.48. The van der Waals surface area contributed by atoms with Crippen molar-refractivity contribution in [2.24, 2.45) is 11.8 Å². The van der Waals surface area contributed by atoms with Crippen LogP contribution in [0.25, 0.3) is 0 Å². The molecule has 0 saturated carbocycles. The molecule has 2 N–H and O–H groups in total. The maximum atomic E-state index is 12.0. The maximum Gasteiger partial charge on any atom is 0.166 e. The van der Waals surface area contributed by atoms with Gasteiger partial charge >= 0.3 is 0 Å². The van der Waals surface area contributed by atoms with Gasteiger partial charge in [-0.15, -0.1) is 0 Å². The Kier molecular flexibility index (Phi) is 7.74. The summed E-state index contributed by atoms with van der Waals surface area (Å²) in [6, 6.07) is 0. The van der Waals surface area contributed by atoms with Crippen LogP contribution in [0.2, 0.25) is 5.02 Å². The zero-order valence-corrected chi connectivity index (χ0v) is 18.8. The Labute approximate surface area is 178 Å². The number of hydrogen-bond acceptors (Lipinski definition) is 5. The van der Waals surface area contributed by atoms with Gasteiger partial charge in [0.1, 0.15) is 17.1 Å². The highest BCUT2D eigenvalue weighted by Crippen LogP contribution is 2.41. The van der Waals surface area contributed by atoms with Gasteiger partial charge in [-0.25, -0.2) is 0 Å². The molecule has 3 unspecified atom stereocenters. The van der Waals surface area contributed by atoms with Crippen LogP contribution in [-0.4, -0.2) is 34.0 Å². The van der Waals surface area contributed by atoms with Crippen molar-refractivity contribution in [1.29, 1.82) is 0 Å². The number of hydrogen-bond donors (Lipinski definition) is 2. The van der Waals surface area contributed by atoms with Gasteiger partial charge in [-0.2, -0.15) is 0 Å². The predicted molar refractivity (Wildman–Crippen MR) is 114 cm³/mol. The van der Waals surface area contributed by atoms with Crippen LogP contribution in [0.15, 0.2) is 0 Å². The van der Waals surface area contributed by atoms with Crippen LogP contribution in [0.4, 0.5) is 0 Å². The van der Waals surface area contributed by atoms with Crippen LogP contribution in [0.5, 0.6) is 11.5 Å². The summed E-state index contributed by atoms with van der Waals surface area (Å²) in [5.41, 5.74) is 0.200. The first kappa shape index (κ1) is 23.7. The van der Waals surface area contributed by atoms with Crippen LogP contribution >= 0.6 is 11.6 Å². The van der Waals surface area contributed by atoms with Crippen molar-refractivity contribution in [3.05, 3.63) is 21.7 Å². The maximum absolute atomic E-state index is 12.0. The van der Waals surface area contributed by atoms with Gasteiger partial charge in [0.05, 0.1) is 16.7 Å². The third-order valence-corrected chi connectivity index (χ3v) is 6.73.